The van der Waals surface area contributed by atoms with Crippen LogP contribution in [-0.4, -0.2) is 67.6 Å². The fraction of sp³-hybridized carbons (Fsp3) is 0.417. The number of pyridine rings is 2. The van der Waals surface area contributed by atoms with Crippen LogP contribution in [0.15, 0.2) is 59.0 Å². The Morgan fingerprint density at radius 3 is 1.41 bits per heavy atom. The van der Waals surface area contributed by atoms with Crippen molar-refractivity contribution >= 4 is 46.1 Å². The molecule has 0 atom stereocenters. The topological polar surface area (TPSA) is 81.0 Å². The molecular formula is C24H30N8S2. The van der Waals surface area contributed by atoms with Crippen molar-refractivity contribution in [2.45, 2.75) is 38.5 Å². The van der Waals surface area contributed by atoms with Crippen molar-refractivity contribution in [3.63, 3.8) is 0 Å². The molecule has 10 heteroatoms. The first kappa shape index (κ1) is 24.2. The van der Waals surface area contributed by atoms with Gasteiger partial charge in [-0.15, -0.1) is 0 Å². The molecule has 2 aromatic rings. The van der Waals surface area contributed by atoms with Crippen molar-refractivity contribution in [3.05, 3.63) is 60.2 Å². The summed E-state index contributed by atoms with van der Waals surface area (Å²) in [7, 11) is 0. The zero-order valence-corrected chi connectivity index (χ0v) is 20.8. The first-order valence-corrected chi connectivity index (χ1v) is 12.6. The molecule has 2 aliphatic rings. The van der Waals surface area contributed by atoms with Crippen molar-refractivity contribution in [2.75, 3.05) is 26.2 Å². The maximum Gasteiger partial charge on any atom is 0.189 e. The summed E-state index contributed by atoms with van der Waals surface area (Å²) in [4.78, 5) is 13.4. The number of hydrogen-bond acceptors (Lipinski definition) is 6. The molecule has 2 aliphatic heterocycles. The summed E-state index contributed by atoms with van der Waals surface area (Å²) in [5.41, 5.74) is 8.54. The lowest BCUT2D eigenvalue weighted by Crippen LogP contribution is -2.42. The van der Waals surface area contributed by atoms with E-state index in [1.165, 1.54) is 12.8 Å². The highest BCUT2D eigenvalue weighted by Gasteiger charge is 2.20. The van der Waals surface area contributed by atoms with Gasteiger partial charge in [0.05, 0.1) is 11.4 Å². The van der Waals surface area contributed by atoms with E-state index in [9.17, 15) is 0 Å². The van der Waals surface area contributed by atoms with Gasteiger partial charge in [0.25, 0.3) is 0 Å². The average Bonchev–Trinajstić information content (AvgIpc) is 2.92. The van der Waals surface area contributed by atoms with E-state index in [-0.39, 0.29) is 0 Å². The summed E-state index contributed by atoms with van der Waals surface area (Å²) >= 11 is 11.3. The van der Waals surface area contributed by atoms with Gasteiger partial charge < -0.3 is 9.80 Å². The lowest BCUT2D eigenvalue weighted by molar-refractivity contribution is 0.338. The third kappa shape index (κ3) is 6.54. The van der Waals surface area contributed by atoms with Crippen LogP contribution < -0.4 is 10.9 Å². The van der Waals surface area contributed by atoms with Crippen molar-refractivity contribution in [2.24, 2.45) is 10.2 Å². The minimum Gasteiger partial charge on any atom is -0.348 e. The molecule has 2 aromatic heterocycles. The second-order valence-electron chi connectivity index (χ2n) is 8.28. The van der Waals surface area contributed by atoms with Gasteiger partial charge in [0.2, 0.25) is 0 Å². The molecule has 0 aliphatic carbocycles. The van der Waals surface area contributed by atoms with E-state index in [4.69, 9.17) is 24.4 Å². The van der Waals surface area contributed by atoms with Gasteiger partial charge in [-0.3, -0.25) is 20.8 Å². The van der Waals surface area contributed by atoms with E-state index in [0.717, 1.165) is 51.9 Å². The fourth-order valence-electron chi connectivity index (χ4n) is 4.01. The average molecular weight is 495 g/mol. The number of aromatic nitrogens is 2. The molecule has 178 valence electrons. The van der Waals surface area contributed by atoms with Gasteiger partial charge in [-0.2, -0.15) is 10.2 Å². The Morgan fingerprint density at radius 2 is 1.06 bits per heavy atom. The number of likely N-dealkylation sites (tertiary alicyclic amines) is 2. The first-order valence-electron chi connectivity index (χ1n) is 11.8. The van der Waals surface area contributed by atoms with Crippen LogP contribution in [0.2, 0.25) is 0 Å². The summed E-state index contributed by atoms with van der Waals surface area (Å²) in [6, 6.07) is 11.4. The first-order chi connectivity index (χ1) is 16.7. The van der Waals surface area contributed by atoms with Crippen molar-refractivity contribution in [1.82, 2.24) is 30.6 Å². The molecule has 0 amide bonds. The second kappa shape index (κ2) is 12.5. The minimum absolute atomic E-state index is 0.535. The van der Waals surface area contributed by atoms with Gasteiger partial charge in [0.15, 0.2) is 10.2 Å². The van der Waals surface area contributed by atoms with Gasteiger partial charge in [0, 0.05) is 38.6 Å². The number of nitrogens with zero attached hydrogens (tertiary/aromatic N) is 6. The smallest absolute Gasteiger partial charge is 0.189 e. The van der Waals surface area contributed by atoms with E-state index in [0.29, 0.717) is 33.0 Å². The zero-order valence-electron chi connectivity index (χ0n) is 19.2. The van der Waals surface area contributed by atoms with Crippen LogP contribution in [0.1, 0.15) is 49.9 Å². The van der Waals surface area contributed by atoms with E-state index < -0.39 is 0 Å². The Labute approximate surface area is 211 Å². The number of rotatable bonds is 5. The highest BCUT2D eigenvalue weighted by Crippen LogP contribution is 2.11. The van der Waals surface area contributed by atoms with Crippen molar-refractivity contribution in [3.8, 4) is 0 Å². The number of piperidine rings is 2. The predicted octanol–water partition coefficient (Wildman–Crippen LogP) is 3.31. The summed E-state index contributed by atoms with van der Waals surface area (Å²) in [5, 5.41) is 10.6. The van der Waals surface area contributed by atoms with Gasteiger partial charge in [-0.05, 0) is 87.2 Å². The third-order valence-electron chi connectivity index (χ3n) is 5.85. The fourth-order valence-corrected chi connectivity index (χ4v) is 4.47. The van der Waals surface area contributed by atoms with Crippen LogP contribution in [0.3, 0.4) is 0 Å². The monoisotopic (exact) mass is 494 g/mol. The molecule has 0 unspecified atom stereocenters. The van der Waals surface area contributed by atoms with Crippen LogP contribution in [-0.2, 0) is 0 Å². The molecule has 0 spiro atoms. The molecule has 4 rings (SSSR count). The maximum absolute atomic E-state index is 5.63. The molecule has 0 radical (unpaired) electrons. The standard InChI is InChI=1S/C24H30N8S2/c33-23(31-15-7-1-8-16-31)29-27-21(19-11-3-5-13-25-19)22(20-12-4-6-14-26-20)28-30-24(34)32-17-9-2-10-18-32/h3-6,11-14H,1-2,7-10,15-18H2,(H,29,33)(H,30,34)/b27-21+,28-22+. The summed E-state index contributed by atoms with van der Waals surface area (Å²) in [6.07, 6.45) is 10.5. The maximum atomic E-state index is 5.63. The normalized spacial score (nSPS) is 17.3. The second-order valence-corrected chi connectivity index (χ2v) is 9.05. The lowest BCUT2D eigenvalue weighted by atomic mass is 10.1. The zero-order chi connectivity index (χ0) is 23.6. The van der Waals surface area contributed by atoms with Crippen LogP contribution in [0.5, 0.6) is 0 Å². The third-order valence-corrected chi connectivity index (χ3v) is 6.55. The van der Waals surface area contributed by atoms with Crippen LogP contribution in [0, 0.1) is 0 Å². The Bertz CT molecular complexity index is 930. The molecule has 2 fully saturated rings. The van der Waals surface area contributed by atoms with E-state index in [1.807, 2.05) is 36.4 Å². The summed E-state index contributed by atoms with van der Waals surface area (Å²) in [5.74, 6) is 0. The molecule has 8 nitrogen and oxygen atoms in total. The van der Waals surface area contributed by atoms with Gasteiger partial charge in [0.1, 0.15) is 11.4 Å². The Hall–Kier alpha value is -2.98. The Balaban J connectivity index is 1.64. The molecule has 0 bridgehead atoms. The SMILES string of the molecule is S=C(N/N=C(/C(=N/NC(=S)N1CCCCC1)c1ccccn1)c1ccccn1)N1CCCCC1. The molecule has 0 aromatic carbocycles. The highest BCUT2D eigenvalue weighted by atomic mass is 32.1. The van der Waals surface area contributed by atoms with Crippen LogP contribution in [0.4, 0.5) is 0 Å². The van der Waals surface area contributed by atoms with Crippen molar-refractivity contribution in [1.29, 1.82) is 0 Å². The largest absolute Gasteiger partial charge is 0.348 e. The number of hydrazone groups is 2. The van der Waals surface area contributed by atoms with Gasteiger partial charge in [-0.25, -0.2) is 0 Å². The number of hydrogen-bond donors (Lipinski definition) is 2. The molecule has 2 saturated heterocycles. The number of thiocarbonyl (C=S) groups is 2. The van der Waals surface area contributed by atoms with E-state index in [2.05, 4.69) is 40.8 Å². The molecule has 2 N–H and O–H groups in total. The molecule has 34 heavy (non-hydrogen) atoms. The highest BCUT2D eigenvalue weighted by molar-refractivity contribution is 7.80. The number of nitrogens with one attached hydrogen (secondary N) is 2. The van der Waals surface area contributed by atoms with Gasteiger partial charge >= 0.3 is 0 Å². The quantitative estimate of drug-likeness (QED) is 0.372. The van der Waals surface area contributed by atoms with Gasteiger partial charge in [-0.1, -0.05) is 12.1 Å². The Kier molecular flexibility index (Phi) is 8.86. The Morgan fingerprint density at radius 1 is 0.647 bits per heavy atom. The van der Waals surface area contributed by atoms with E-state index in [1.54, 1.807) is 12.4 Å². The van der Waals surface area contributed by atoms with Crippen LogP contribution in [0.25, 0.3) is 0 Å². The van der Waals surface area contributed by atoms with E-state index >= 15 is 0 Å². The molecule has 0 saturated carbocycles. The molecule has 4 heterocycles. The molecular weight excluding hydrogens is 464 g/mol. The minimum atomic E-state index is 0.535. The van der Waals surface area contributed by atoms with Crippen molar-refractivity contribution < 1.29 is 0 Å². The predicted molar refractivity (Wildman–Crippen MR) is 144 cm³/mol. The summed E-state index contributed by atoms with van der Waals surface area (Å²) in [6.45, 7) is 3.75. The van der Waals surface area contributed by atoms with Crippen LogP contribution >= 0.6 is 24.4 Å². The summed E-state index contributed by atoms with van der Waals surface area (Å²) < 4.78 is 0. The lowest BCUT2D eigenvalue weighted by Gasteiger charge is -2.28.